The minimum Gasteiger partial charge on any atom is -0.396 e. The fourth-order valence-corrected chi connectivity index (χ4v) is 2.20. The molecule has 0 unspecified atom stereocenters. The zero-order chi connectivity index (χ0) is 12.0. The summed E-state index contributed by atoms with van der Waals surface area (Å²) < 4.78 is 0. The molecule has 0 heterocycles. The van der Waals surface area contributed by atoms with Gasteiger partial charge >= 0.3 is 0 Å². The van der Waals surface area contributed by atoms with Gasteiger partial charge in [-0.1, -0.05) is 0 Å². The second kappa shape index (κ2) is 6.47. The van der Waals surface area contributed by atoms with Gasteiger partial charge in [-0.3, -0.25) is 4.79 Å². The largest absolute Gasteiger partial charge is 0.396 e. The Morgan fingerprint density at radius 1 is 1.62 bits per heavy atom. The summed E-state index contributed by atoms with van der Waals surface area (Å²) in [5, 5.41) is 11.8. The van der Waals surface area contributed by atoms with E-state index in [1.807, 2.05) is 6.26 Å². The maximum absolute atomic E-state index is 11.6. The standard InChI is InChI=1S/C11H22N2O2S/c1-16-7-2-9(12)10(15)13-8-11(3-4-11)5-6-14/h9,14H,2-8,12H2,1H3,(H,13,15)/t9-/m0/s1. The molecule has 0 saturated heterocycles. The van der Waals surface area contributed by atoms with Crippen LogP contribution in [-0.4, -0.2) is 42.2 Å². The number of hydrogen-bond acceptors (Lipinski definition) is 4. The second-order valence-corrected chi connectivity index (χ2v) is 5.56. The van der Waals surface area contributed by atoms with Gasteiger partial charge in [0.2, 0.25) is 5.91 Å². The predicted molar refractivity (Wildman–Crippen MR) is 67.4 cm³/mol. The van der Waals surface area contributed by atoms with Crippen LogP contribution in [0.1, 0.15) is 25.7 Å². The smallest absolute Gasteiger partial charge is 0.236 e. The summed E-state index contributed by atoms with van der Waals surface area (Å²) in [5.74, 6) is 0.856. The molecule has 1 aliphatic carbocycles. The zero-order valence-electron chi connectivity index (χ0n) is 9.87. The summed E-state index contributed by atoms with van der Waals surface area (Å²) in [6.45, 7) is 0.869. The molecule has 1 atom stereocenters. The van der Waals surface area contributed by atoms with E-state index in [-0.39, 0.29) is 17.9 Å². The van der Waals surface area contributed by atoms with Crippen molar-refractivity contribution in [2.75, 3.05) is 25.2 Å². The van der Waals surface area contributed by atoms with E-state index in [0.29, 0.717) is 6.54 Å². The van der Waals surface area contributed by atoms with Crippen molar-refractivity contribution in [3.05, 3.63) is 0 Å². The molecule has 1 saturated carbocycles. The minimum atomic E-state index is -0.391. The summed E-state index contributed by atoms with van der Waals surface area (Å²) in [6, 6.07) is -0.391. The van der Waals surface area contributed by atoms with Crippen molar-refractivity contribution < 1.29 is 9.90 Å². The fourth-order valence-electron chi connectivity index (χ4n) is 1.71. The first-order chi connectivity index (χ1) is 7.63. The maximum atomic E-state index is 11.6. The number of carbonyl (C=O) groups excluding carboxylic acids is 1. The van der Waals surface area contributed by atoms with E-state index in [9.17, 15) is 4.79 Å². The molecule has 0 aromatic carbocycles. The van der Waals surface area contributed by atoms with Gasteiger partial charge in [0, 0.05) is 13.2 Å². The monoisotopic (exact) mass is 246 g/mol. The average molecular weight is 246 g/mol. The number of hydrogen-bond donors (Lipinski definition) is 3. The van der Waals surface area contributed by atoms with Crippen molar-refractivity contribution in [3.8, 4) is 0 Å². The molecule has 5 heteroatoms. The lowest BCUT2D eigenvalue weighted by Gasteiger charge is -2.17. The molecule has 0 spiro atoms. The van der Waals surface area contributed by atoms with E-state index in [2.05, 4.69) is 5.32 Å². The Balaban J connectivity index is 2.19. The van der Waals surface area contributed by atoms with Gasteiger partial charge in [0.25, 0.3) is 0 Å². The van der Waals surface area contributed by atoms with Crippen LogP contribution in [0.2, 0.25) is 0 Å². The molecule has 0 radical (unpaired) electrons. The third-order valence-electron chi connectivity index (χ3n) is 3.21. The number of rotatable bonds is 8. The van der Waals surface area contributed by atoms with Crippen molar-refractivity contribution in [2.24, 2.45) is 11.1 Å². The van der Waals surface area contributed by atoms with Crippen molar-refractivity contribution in [1.82, 2.24) is 5.32 Å². The van der Waals surface area contributed by atoms with Crippen molar-refractivity contribution >= 4 is 17.7 Å². The quantitative estimate of drug-likeness (QED) is 0.577. The van der Waals surface area contributed by atoms with Crippen LogP contribution in [-0.2, 0) is 4.79 Å². The maximum Gasteiger partial charge on any atom is 0.236 e. The highest BCUT2D eigenvalue weighted by atomic mass is 32.2. The molecule has 0 aromatic heterocycles. The number of aliphatic hydroxyl groups is 1. The third kappa shape index (κ3) is 4.31. The third-order valence-corrected chi connectivity index (χ3v) is 3.85. The molecule has 1 amide bonds. The van der Waals surface area contributed by atoms with Gasteiger partial charge in [-0.05, 0) is 43.1 Å². The zero-order valence-corrected chi connectivity index (χ0v) is 10.7. The topological polar surface area (TPSA) is 75.4 Å². The summed E-state index contributed by atoms with van der Waals surface area (Å²) in [6.07, 6.45) is 5.72. The highest BCUT2D eigenvalue weighted by Gasteiger charge is 2.42. The van der Waals surface area contributed by atoms with E-state index in [1.54, 1.807) is 11.8 Å². The molecule has 1 aliphatic rings. The van der Waals surface area contributed by atoms with Crippen LogP contribution in [0.15, 0.2) is 0 Å². The Labute approximate surface area is 101 Å². The van der Waals surface area contributed by atoms with Gasteiger partial charge in [0.1, 0.15) is 0 Å². The summed E-state index contributed by atoms with van der Waals surface area (Å²) in [4.78, 5) is 11.6. The van der Waals surface area contributed by atoms with Crippen molar-refractivity contribution in [3.63, 3.8) is 0 Å². The number of carbonyl (C=O) groups is 1. The Kier molecular flexibility index (Phi) is 5.58. The van der Waals surface area contributed by atoms with Gasteiger partial charge in [-0.2, -0.15) is 11.8 Å². The van der Waals surface area contributed by atoms with Crippen LogP contribution >= 0.6 is 11.8 Å². The summed E-state index contributed by atoms with van der Waals surface area (Å²) >= 11 is 1.70. The molecule has 0 aliphatic heterocycles. The second-order valence-electron chi connectivity index (χ2n) is 4.58. The van der Waals surface area contributed by atoms with Gasteiger partial charge in [-0.15, -0.1) is 0 Å². The molecular formula is C11H22N2O2S. The SMILES string of the molecule is CSCC[C@H](N)C(=O)NCC1(CCO)CC1. The minimum absolute atomic E-state index is 0.0572. The lowest BCUT2D eigenvalue weighted by Crippen LogP contribution is -2.43. The fraction of sp³-hybridized carbons (Fsp3) is 0.909. The molecule has 16 heavy (non-hydrogen) atoms. The summed E-state index contributed by atoms with van der Waals surface area (Å²) in [7, 11) is 0. The van der Waals surface area contributed by atoms with Gasteiger partial charge < -0.3 is 16.2 Å². The number of amides is 1. The Morgan fingerprint density at radius 2 is 2.31 bits per heavy atom. The lowest BCUT2D eigenvalue weighted by atomic mass is 10.0. The number of nitrogens with two attached hydrogens (primary N) is 1. The van der Waals surface area contributed by atoms with Crippen LogP contribution in [0.4, 0.5) is 0 Å². The molecule has 1 fully saturated rings. The normalized spacial score (nSPS) is 19.2. The van der Waals surface area contributed by atoms with Gasteiger partial charge in [0.05, 0.1) is 6.04 Å². The Hall–Kier alpha value is -0.260. The number of nitrogens with one attached hydrogen (secondary N) is 1. The average Bonchev–Trinajstić information content (AvgIpc) is 3.03. The first kappa shape index (κ1) is 13.8. The summed E-state index contributed by atoms with van der Waals surface area (Å²) in [5.41, 5.74) is 5.92. The highest BCUT2D eigenvalue weighted by Crippen LogP contribution is 2.47. The Morgan fingerprint density at radius 3 is 2.81 bits per heavy atom. The van der Waals surface area contributed by atoms with Crippen LogP contribution in [0, 0.1) is 5.41 Å². The first-order valence-electron chi connectivity index (χ1n) is 5.77. The molecule has 94 valence electrons. The van der Waals surface area contributed by atoms with Crippen LogP contribution in [0.5, 0.6) is 0 Å². The first-order valence-corrected chi connectivity index (χ1v) is 7.16. The molecular weight excluding hydrogens is 224 g/mol. The van der Waals surface area contributed by atoms with E-state index < -0.39 is 6.04 Å². The molecule has 4 N–H and O–H groups in total. The number of aliphatic hydroxyl groups excluding tert-OH is 1. The van der Waals surface area contributed by atoms with Crippen LogP contribution < -0.4 is 11.1 Å². The molecule has 1 rings (SSSR count). The van der Waals surface area contributed by atoms with Crippen LogP contribution in [0.3, 0.4) is 0 Å². The van der Waals surface area contributed by atoms with E-state index in [1.165, 1.54) is 0 Å². The van der Waals surface area contributed by atoms with Crippen molar-refractivity contribution in [2.45, 2.75) is 31.7 Å². The van der Waals surface area contributed by atoms with E-state index in [4.69, 9.17) is 10.8 Å². The number of thioether (sulfide) groups is 1. The molecule has 0 bridgehead atoms. The van der Waals surface area contributed by atoms with Gasteiger partial charge in [-0.25, -0.2) is 0 Å². The lowest BCUT2D eigenvalue weighted by molar-refractivity contribution is -0.122. The predicted octanol–water partition coefficient (Wildman–Crippen LogP) is 0.346. The van der Waals surface area contributed by atoms with Crippen molar-refractivity contribution in [1.29, 1.82) is 0 Å². The van der Waals surface area contributed by atoms with Crippen LogP contribution in [0.25, 0.3) is 0 Å². The Bertz CT molecular complexity index is 232. The molecule has 4 nitrogen and oxygen atoms in total. The van der Waals surface area contributed by atoms with E-state index >= 15 is 0 Å². The molecule has 0 aromatic rings. The van der Waals surface area contributed by atoms with Gasteiger partial charge in [0.15, 0.2) is 0 Å². The van der Waals surface area contributed by atoms with E-state index in [0.717, 1.165) is 31.4 Å². The highest BCUT2D eigenvalue weighted by molar-refractivity contribution is 7.98.